The van der Waals surface area contributed by atoms with Gasteiger partial charge in [-0.05, 0) is 44.2 Å². The topological polar surface area (TPSA) is 119 Å². The fraction of sp³-hybridized carbons (Fsp3) is 0.550. The fourth-order valence-electron chi connectivity index (χ4n) is 3.85. The molecule has 3 rings (SSSR count). The molecule has 2 aromatic rings. The van der Waals surface area contributed by atoms with Gasteiger partial charge in [0.15, 0.2) is 5.82 Å². The minimum atomic E-state index is -0.368. The summed E-state index contributed by atoms with van der Waals surface area (Å²) in [4.78, 5) is 33.6. The van der Waals surface area contributed by atoms with Gasteiger partial charge in [0.1, 0.15) is 17.5 Å². The molecule has 0 atom stereocenters. The summed E-state index contributed by atoms with van der Waals surface area (Å²) in [5.41, 5.74) is 2.04. The van der Waals surface area contributed by atoms with Crippen LogP contribution in [0.3, 0.4) is 0 Å². The molecule has 0 spiro atoms. The van der Waals surface area contributed by atoms with E-state index in [9.17, 15) is 14.9 Å². The molecule has 0 aliphatic carbocycles. The van der Waals surface area contributed by atoms with E-state index < -0.39 is 0 Å². The van der Waals surface area contributed by atoms with E-state index in [1.54, 1.807) is 6.92 Å². The van der Waals surface area contributed by atoms with Gasteiger partial charge in [-0.15, -0.1) is 0 Å². The molecule has 2 aromatic heterocycles. The SMILES string of the molecule is CCc1nc(C2CCN(C(=O)CCc3c(C)[nH]c(=O)c(C#N)c3C)CC2)n[nH]1. The average molecular weight is 382 g/mol. The van der Waals surface area contributed by atoms with Crippen molar-refractivity contribution in [2.45, 2.75) is 58.8 Å². The zero-order chi connectivity index (χ0) is 20.3. The van der Waals surface area contributed by atoms with Crippen LogP contribution in [0.25, 0.3) is 0 Å². The molecule has 1 saturated heterocycles. The van der Waals surface area contributed by atoms with Crippen LogP contribution in [-0.2, 0) is 17.6 Å². The lowest BCUT2D eigenvalue weighted by molar-refractivity contribution is -0.132. The van der Waals surface area contributed by atoms with Gasteiger partial charge in [0.2, 0.25) is 5.91 Å². The standard InChI is InChI=1S/C20H26N6O2/c1-4-17-23-19(25-24-17)14-7-9-26(10-8-14)18(27)6-5-15-12(2)16(11-21)20(28)22-13(15)3/h14H,4-10H2,1-3H3,(H,22,28)(H,23,24,25). The second-order valence-corrected chi connectivity index (χ2v) is 7.32. The first-order chi connectivity index (χ1) is 13.4. The molecule has 1 amide bonds. The van der Waals surface area contributed by atoms with Gasteiger partial charge in [-0.2, -0.15) is 10.4 Å². The van der Waals surface area contributed by atoms with E-state index >= 15 is 0 Å². The number of pyridine rings is 1. The van der Waals surface area contributed by atoms with Gasteiger partial charge in [-0.1, -0.05) is 6.92 Å². The predicted octanol–water partition coefficient (Wildman–Crippen LogP) is 1.88. The summed E-state index contributed by atoms with van der Waals surface area (Å²) in [5.74, 6) is 2.15. The first kappa shape index (κ1) is 19.8. The number of carbonyl (C=O) groups is 1. The third-order valence-electron chi connectivity index (χ3n) is 5.61. The Bertz CT molecular complexity index is 960. The number of aromatic amines is 2. The second-order valence-electron chi connectivity index (χ2n) is 7.32. The van der Waals surface area contributed by atoms with Gasteiger partial charge in [-0.25, -0.2) is 4.98 Å². The monoisotopic (exact) mass is 382 g/mol. The normalized spacial score (nSPS) is 14.9. The van der Waals surface area contributed by atoms with Crippen LogP contribution in [0.5, 0.6) is 0 Å². The molecule has 1 aliphatic heterocycles. The largest absolute Gasteiger partial charge is 0.343 e. The maximum atomic E-state index is 12.7. The highest BCUT2D eigenvalue weighted by Gasteiger charge is 2.26. The number of nitriles is 1. The number of rotatable bonds is 5. The van der Waals surface area contributed by atoms with Gasteiger partial charge >= 0.3 is 0 Å². The number of amides is 1. The summed E-state index contributed by atoms with van der Waals surface area (Å²) in [6.07, 6.45) is 3.44. The van der Waals surface area contributed by atoms with Crippen molar-refractivity contribution < 1.29 is 4.79 Å². The third-order valence-corrected chi connectivity index (χ3v) is 5.61. The van der Waals surface area contributed by atoms with Crippen LogP contribution in [-0.4, -0.2) is 44.1 Å². The lowest BCUT2D eigenvalue weighted by Gasteiger charge is -2.31. The van der Waals surface area contributed by atoms with Gasteiger partial charge in [0.05, 0.1) is 0 Å². The Labute approximate surface area is 164 Å². The quantitative estimate of drug-likeness (QED) is 0.818. The molecular formula is C20H26N6O2. The summed E-state index contributed by atoms with van der Waals surface area (Å²) in [6, 6.07) is 1.95. The van der Waals surface area contributed by atoms with Crippen molar-refractivity contribution in [3.63, 3.8) is 0 Å². The first-order valence-electron chi connectivity index (χ1n) is 9.76. The number of carbonyl (C=O) groups excluding carboxylic acids is 1. The fourth-order valence-corrected chi connectivity index (χ4v) is 3.85. The summed E-state index contributed by atoms with van der Waals surface area (Å²) in [6.45, 7) is 7.02. The van der Waals surface area contributed by atoms with Crippen LogP contribution in [0.2, 0.25) is 0 Å². The Morgan fingerprint density at radius 2 is 2.04 bits per heavy atom. The lowest BCUT2D eigenvalue weighted by Crippen LogP contribution is -2.38. The van der Waals surface area contributed by atoms with Gasteiger partial charge in [-0.3, -0.25) is 14.7 Å². The molecule has 2 N–H and O–H groups in total. The van der Waals surface area contributed by atoms with Crippen LogP contribution >= 0.6 is 0 Å². The van der Waals surface area contributed by atoms with Crippen molar-refractivity contribution in [2.24, 2.45) is 0 Å². The van der Waals surface area contributed by atoms with Gasteiger partial charge < -0.3 is 9.88 Å². The summed E-state index contributed by atoms with van der Waals surface area (Å²) >= 11 is 0. The average Bonchev–Trinajstić information content (AvgIpc) is 3.17. The second kappa shape index (κ2) is 8.38. The molecule has 148 valence electrons. The van der Waals surface area contributed by atoms with Crippen molar-refractivity contribution in [1.82, 2.24) is 25.1 Å². The van der Waals surface area contributed by atoms with Crippen LogP contribution in [0, 0.1) is 25.2 Å². The molecule has 0 bridgehead atoms. The van der Waals surface area contributed by atoms with E-state index in [0.29, 0.717) is 37.4 Å². The zero-order valence-electron chi connectivity index (χ0n) is 16.6. The van der Waals surface area contributed by atoms with E-state index in [2.05, 4.69) is 20.2 Å². The van der Waals surface area contributed by atoms with Crippen molar-refractivity contribution in [3.05, 3.63) is 44.4 Å². The number of nitrogens with one attached hydrogen (secondary N) is 2. The summed E-state index contributed by atoms with van der Waals surface area (Å²) < 4.78 is 0. The van der Waals surface area contributed by atoms with Gasteiger partial charge in [0.25, 0.3) is 5.56 Å². The lowest BCUT2D eigenvalue weighted by atomic mass is 9.95. The number of hydrogen-bond acceptors (Lipinski definition) is 5. The number of aryl methyl sites for hydroxylation is 2. The third kappa shape index (κ3) is 3.98. The van der Waals surface area contributed by atoms with Crippen LogP contribution < -0.4 is 5.56 Å². The molecule has 28 heavy (non-hydrogen) atoms. The van der Waals surface area contributed by atoms with E-state index in [1.807, 2.05) is 24.8 Å². The van der Waals surface area contributed by atoms with Crippen molar-refractivity contribution in [2.75, 3.05) is 13.1 Å². The Kier molecular flexibility index (Phi) is 5.93. The van der Waals surface area contributed by atoms with Crippen LogP contribution in [0.15, 0.2) is 4.79 Å². The van der Waals surface area contributed by atoms with Crippen LogP contribution in [0.1, 0.15) is 66.1 Å². The van der Waals surface area contributed by atoms with E-state index in [4.69, 9.17) is 0 Å². The minimum Gasteiger partial charge on any atom is -0.343 e. The number of aromatic nitrogens is 4. The van der Waals surface area contributed by atoms with Crippen LogP contribution in [0.4, 0.5) is 0 Å². The molecule has 0 saturated carbocycles. The Hall–Kier alpha value is -2.95. The Morgan fingerprint density at radius 1 is 1.32 bits per heavy atom. The summed E-state index contributed by atoms with van der Waals surface area (Å²) in [7, 11) is 0. The van der Waals surface area contributed by atoms with Gasteiger partial charge in [0, 0.05) is 37.5 Å². The van der Waals surface area contributed by atoms with Crippen molar-refractivity contribution >= 4 is 5.91 Å². The minimum absolute atomic E-state index is 0.103. The Balaban J connectivity index is 1.58. The predicted molar refractivity (Wildman–Crippen MR) is 104 cm³/mol. The number of piperidine rings is 1. The number of H-pyrrole nitrogens is 2. The molecule has 1 aliphatic rings. The number of nitrogens with zero attached hydrogens (tertiary/aromatic N) is 4. The van der Waals surface area contributed by atoms with E-state index in [0.717, 1.165) is 42.2 Å². The molecule has 1 fully saturated rings. The first-order valence-corrected chi connectivity index (χ1v) is 9.76. The van der Waals surface area contributed by atoms with Crippen molar-refractivity contribution in [3.8, 4) is 6.07 Å². The van der Waals surface area contributed by atoms with E-state index in [-0.39, 0.29) is 17.0 Å². The highest BCUT2D eigenvalue weighted by atomic mass is 16.2. The van der Waals surface area contributed by atoms with Crippen molar-refractivity contribution in [1.29, 1.82) is 5.26 Å². The smallest absolute Gasteiger partial charge is 0.266 e. The Morgan fingerprint density at radius 3 is 2.64 bits per heavy atom. The molecule has 0 unspecified atom stereocenters. The van der Waals surface area contributed by atoms with E-state index in [1.165, 1.54) is 0 Å². The zero-order valence-corrected chi connectivity index (χ0v) is 16.6. The maximum absolute atomic E-state index is 12.7. The number of hydrogen-bond donors (Lipinski definition) is 2. The molecule has 8 nitrogen and oxygen atoms in total. The summed E-state index contributed by atoms with van der Waals surface area (Å²) in [5, 5.41) is 16.4. The molecule has 8 heteroatoms. The highest BCUT2D eigenvalue weighted by molar-refractivity contribution is 5.76. The highest BCUT2D eigenvalue weighted by Crippen LogP contribution is 2.26. The maximum Gasteiger partial charge on any atom is 0.266 e. The molecule has 0 aromatic carbocycles. The molecular weight excluding hydrogens is 356 g/mol. The molecule has 0 radical (unpaired) electrons. The molecule has 3 heterocycles. The number of likely N-dealkylation sites (tertiary alicyclic amines) is 1.